The molecule has 1 aromatic carbocycles. The monoisotopic (exact) mass is 308 g/mol. The van der Waals surface area contributed by atoms with Gasteiger partial charge in [0, 0.05) is 11.3 Å². The van der Waals surface area contributed by atoms with Crippen molar-refractivity contribution in [3.05, 3.63) is 40.1 Å². The largest absolute Gasteiger partial charge is 0.493 e. The topological polar surface area (TPSA) is 65.0 Å². The average Bonchev–Trinajstić information content (AvgIpc) is 3.00. The third-order valence-corrected chi connectivity index (χ3v) is 3.82. The fraction of sp³-hybridized carbons (Fsp3) is 0.267. The Labute approximate surface area is 126 Å². The second-order valence-corrected chi connectivity index (χ2v) is 5.23. The first kappa shape index (κ1) is 15.2. The van der Waals surface area contributed by atoms with E-state index in [0.717, 1.165) is 6.42 Å². The third-order valence-electron chi connectivity index (χ3n) is 2.88. The smallest absolute Gasteiger partial charge is 0.335 e. The Morgan fingerprint density at radius 3 is 2.38 bits per heavy atom. The Morgan fingerprint density at radius 1 is 1.24 bits per heavy atom. The van der Waals surface area contributed by atoms with Gasteiger partial charge in [0.2, 0.25) is 5.75 Å². The van der Waals surface area contributed by atoms with Crippen LogP contribution >= 0.6 is 11.3 Å². The molecule has 0 saturated carbocycles. The molecule has 0 spiro atoms. The number of rotatable bonds is 7. The van der Waals surface area contributed by atoms with Gasteiger partial charge in [-0.25, -0.2) is 4.79 Å². The number of benzene rings is 1. The Balaban J connectivity index is 2.18. The van der Waals surface area contributed by atoms with Crippen LogP contribution in [-0.4, -0.2) is 31.9 Å². The highest BCUT2D eigenvalue weighted by Crippen LogP contribution is 2.38. The van der Waals surface area contributed by atoms with Crippen molar-refractivity contribution in [3.8, 4) is 17.2 Å². The molecule has 2 aromatic rings. The molecular weight excluding hydrogens is 292 g/mol. The van der Waals surface area contributed by atoms with E-state index in [1.54, 1.807) is 11.3 Å². The first-order valence-corrected chi connectivity index (χ1v) is 7.18. The number of aromatic carboxylic acids is 1. The average molecular weight is 308 g/mol. The minimum Gasteiger partial charge on any atom is -0.493 e. The van der Waals surface area contributed by atoms with Crippen LogP contribution < -0.4 is 14.2 Å². The summed E-state index contributed by atoms with van der Waals surface area (Å²) in [4.78, 5) is 12.3. The molecule has 0 unspecified atom stereocenters. The predicted octanol–water partition coefficient (Wildman–Crippen LogP) is 3.09. The van der Waals surface area contributed by atoms with Gasteiger partial charge >= 0.3 is 5.97 Å². The van der Waals surface area contributed by atoms with Crippen LogP contribution in [-0.2, 0) is 6.42 Å². The van der Waals surface area contributed by atoms with E-state index in [4.69, 9.17) is 19.3 Å². The molecule has 0 aliphatic rings. The normalized spacial score (nSPS) is 10.2. The molecule has 2 rings (SSSR count). The maximum absolute atomic E-state index is 11.1. The molecule has 0 atom stereocenters. The van der Waals surface area contributed by atoms with Crippen molar-refractivity contribution in [2.45, 2.75) is 6.42 Å². The first-order valence-electron chi connectivity index (χ1n) is 6.30. The lowest BCUT2D eigenvalue weighted by Crippen LogP contribution is -2.05. The number of carboxylic acid groups (broad SMARTS) is 1. The zero-order chi connectivity index (χ0) is 15.2. The van der Waals surface area contributed by atoms with E-state index in [1.165, 1.54) is 31.2 Å². The van der Waals surface area contributed by atoms with E-state index in [-0.39, 0.29) is 5.56 Å². The van der Waals surface area contributed by atoms with Crippen LogP contribution in [0.4, 0.5) is 0 Å². The summed E-state index contributed by atoms with van der Waals surface area (Å²) >= 11 is 1.66. The van der Waals surface area contributed by atoms with E-state index in [9.17, 15) is 4.79 Å². The molecule has 1 N–H and O–H groups in total. The highest BCUT2D eigenvalue weighted by Gasteiger charge is 2.17. The Kier molecular flexibility index (Phi) is 5.05. The van der Waals surface area contributed by atoms with Gasteiger partial charge in [0.05, 0.1) is 26.4 Å². The van der Waals surface area contributed by atoms with Gasteiger partial charge in [-0.05, 0) is 23.6 Å². The summed E-state index contributed by atoms with van der Waals surface area (Å²) in [5, 5.41) is 11.1. The minimum absolute atomic E-state index is 0.0920. The fourth-order valence-corrected chi connectivity index (χ4v) is 2.54. The molecule has 1 heterocycles. The van der Waals surface area contributed by atoms with Gasteiger partial charge in [0.15, 0.2) is 11.5 Å². The summed E-state index contributed by atoms with van der Waals surface area (Å²) in [5.41, 5.74) is 0.0920. The van der Waals surface area contributed by atoms with Crippen LogP contribution in [0.3, 0.4) is 0 Å². The number of hydrogen-bond donors (Lipinski definition) is 1. The van der Waals surface area contributed by atoms with Crippen molar-refractivity contribution < 1.29 is 24.1 Å². The van der Waals surface area contributed by atoms with Gasteiger partial charge in [-0.3, -0.25) is 0 Å². The Bertz CT molecular complexity index is 582. The second kappa shape index (κ2) is 6.99. The van der Waals surface area contributed by atoms with Gasteiger partial charge < -0.3 is 19.3 Å². The van der Waals surface area contributed by atoms with Crippen LogP contribution in [0, 0.1) is 0 Å². The molecule has 112 valence electrons. The number of methoxy groups -OCH3 is 2. The van der Waals surface area contributed by atoms with Crippen molar-refractivity contribution in [2.75, 3.05) is 20.8 Å². The summed E-state index contributed by atoms with van der Waals surface area (Å²) in [6.45, 7) is 0.458. The lowest BCUT2D eigenvalue weighted by molar-refractivity contribution is 0.0696. The second-order valence-electron chi connectivity index (χ2n) is 4.19. The van der Waals surface area contributed by atoms with Gasteiger partial charge in [0.25, 0.3) is 0 Å². The Hall–Kier alpha value is -2.21. The molecule has 1 aromatic heterocycles. The molecule has 6 heteroatoms. The summed E-state index contributed by atoms with van der Waals surface area (Å²) in [6.07, 6.45) is 0.769. The van der Waals surface area contributed by atoms with E-state index < -0.39 is 5.97 Å². The van der Waals surface area contributed by atoms with Crippen molar-refractivity contribution in [1.29, 1.82) is 0 Å². The van der Waals surface area contributed by atoms with Crippen LogP contribution in [0.25, 0.3) is 0 Å². The summed E-state index contributed by atoms with van der Waals surface area (Å²) in [7, 11) is 2.93. The van der Waals surface area contributed by atoms with E-state index in [1.807, 2.05) is 17.5 Å². The molecular formula is C15H16O5S. The number of thiophene rings is 1. The van der Waals surface area contributed by atoms with Crippen LogP contribution in [0.5, 0.6) is 17.2 Å². The highest BCUT2D eigenvalue weighted by atomic mass is 32.1. The molecule has 0 fully saturated rings. The molecule has 0 bridgehead atoms. The van der Waals surface area contributed by atoms with E-state index >= 15 is 0 Å². The number of carboxylic acids is 1. The lowest BCUT2D eigenvalue weighted by atomic mass is 10.2. The van der Waals surface area contributed by atoms with Crippen molar-refractivity contribution in [3.63, 3.8) is 0 Å². The molecule has 0 saturated heterocycles. The van der Waals surface area contributed by atoms with E-state index in [2.05, 4.69) is 0 Å². The number of carbonyl (C=O) groups is 1. The van der Waals surface area contributed by atoms with E-state index in [0.29, 0.717) is 23.9 Å². The van der Waals surface area contributed by atoms with Gasteiger partial charge in [-0.15, -0.1) is 11.3 Å². The standard InChI is InChI=1S/C15H16O5S/c1-18-12-8-10(15(16)17)9-13(19-2)14(12)20-6-5-11-4-3-7-21-11/h3-4,7-9H,5-6H2,1-2H3,(H,16,17). The summed E-state index contributed by atoms with van der Waals surface area (Å²) in [5.74, 6) is 0.0640. The first-order chi connectivity index (χ1) is 10.2. The zero-order valence-corrected chi connectivity index (χ0v) is 12.6. The third kappa shape index (κ3) is 3.66. The summed E-state index contributed by atoms with van der Waals surface area (Å²) < 4.78 is 16.1. The zero-order valence-electron chi connectivity index (χ0n) is 11.8. The van der Waals surface area contributed by atoms with Crippen LogP contribution in [0.1, 0.15) is 15.2 Å². The van der Waals surface area contributed by atoms with Crippen molar-refractivity contribution in [2.24, 2.45) is 0 Å². The number of hydrogen-bond acceptors (Lipinski definition) is 5. The molecule has 5 nitrogen and oxygen atoms in total. The number of ether oxygens (including phenoxy) is 3. The highest BCUT2D eigenvalue weighted by molar-refractivity contribution is 7.09. The SMILES string of the molecule is COc1cc(C(=O)O)cc(OC)c1OCCc1cccs1. The maximum Gasteiger partial charge on any atom is 0.335 e. The Morgan fingerprint density at radius 2 is 1.90 bits per heavy atom. The predicted molar refractivity (Wildman–Crippen MR) is 80.0 cm³/mol. The van der Waals surface area contributed by atoms with Crippen LogP contribution in [0.15, 0.2) is 29.6 Å². The maximum atomic E-state index is 11.1. The van der Waals surface area contributed by atoms with Gasteiger partial charge in [-0.1, -0.05) is 6.07 Å². The molecule has 0 aliphatic carbocycles. The quantitative estimate of drug-likeness (QED) is 0.851. The summed E-state index contributed by atoms with van der Waals surface area (Å²) in [6, 6.07) is 6.87. The molecule has 21 heavy (non-hydrogen) atoms. The fourth-order valence-electron chi connectivity index (χ4n) is 1.85. The lowest BCUT2D eigenvalue weighted by Gasteiger charge is -2.15. The van der Waals surface area contributed by atoms with Gasteiger partial charge in [0.1, 0.15) is 0 Å². The molecule has 0 radical (unpaired) electrons. The molecule has 0 aliphatic heterocycles. The van der Waals surface area contributed by atoms with Crippen molar-refractivity contribution >= 4 is 17.3 Å². The van der Waals surface area contributed by atoms with Gasteiger partial charge in [-0.2, -0.15) is 0 Å². The van der Waals surface area contributed by atoms with Crippen LogP contribution in [0.2, 0.25) is 0 Å². The van der Waals surface area contributed by atoms with Crippen molar-refractivity contribution in [1.82, 2.24) is 0 Å². The minimum atomic E-state index is -1.04. The molecule has 0 amide bonds.